The molecule has 1 nitrogen and oxygen atoms in total. The fourth-order valence-electron chi connectivity index (χ4n) is 7.69. The van der Waals surface area contributed by atoms with E-state index in [-0.39, 0.29) is 0 Å². The van der Waals surface area contributed by atoms with E-state index in [1.807, 2.05) is 12.5 Å². The molecule has 1 heteroatoms. The van der Waals surface area contributed by atoms with Gasteiger partial charge in [-0.2, -0.15) is 0 Å². The number of hydrogen-bond acceptors (Lipinski definition) is 1. The maximum Gasteiger partial charge on any atom is 0.0940 e. The van der Waals surface area contributed by atoms with E-state index >= 15 is 0 Å². The van der Waals surface area contributed by atoms with Crippen LogP contribution in [0.4, 0.5) is 0 Å². The lowest BCUT2D eigenvalue weighted by molar-refractivity contribution is -0.0984. The molecule has 130 valence electrons. The standard InChI is InChI=1S/C23H32O/c1-22-12-4-3-5-17(22)6-7-18-20-9-8-19(16-11-14-24-15-16)23(20,2)13-10-21(18)22/h8-9,11,14-15,17-21H,3-7,10,12-13H2,1-2H3/t17-,18+,19-,20+,21+,22+,23-/m1/s1. The molecule has 4 aliphatic rings. The van der Waals surface area contributed by atoms with Crippen molar-refractivity contribution in [2.45, 2.75) is 71.1 Å². The van der Waals surface area contributed by atoms with E-state index in [0.29, 0.717) is 16.7 Å². The third-order valence-corrected chi connectivity index (χ3v) is 9.00. The molecule has 3 saturated carbocycles. The van der Waals surface area contributed by atoms with E-state index in [1.165, 1.54) is 56.9 Å². The summed E-state index contributed by atoms with van der Waals surface area (Å²) in [5.41, 5.74) is 2.46. The molecule has 3 fully saturated rings. The molecule has 0 unspecified atom stereocenters. The monoisotopic (exact) mass is 324 g/mol. The number of furan rings is 1. The molecule has 1 aromatic heterocycles. The molecule has 1 aromatic rings. The van der Waals surface area contributed by atoms with Crippen LogP contribution in [0.5, 0.6) is 0 Å². The van der Waals surface area contributed by atoms with Gasteiger partial charge in [0.05, 0.1) is 12.5 Å². The average molecular weight is 325 g/mol. The second kappa shape index (κ2) is 5.26. The molecule has 0 N–H and O–H groups in total. The smallest absolute Gasteiger partial charge is 0.0940 e. The second-order valence-corrected chi connectivity index (χ2v) is 9.79. The molecule has 0 saturated heterocycles. The van der Waals surface area contributed by atoms with Crippen LogP contribution in [-0.4, -0.2) is 0 Å². The summed E-state index contributed by atoms with van der Waals surface area (Å²) in [5, 5.41) is 0. The molecule has 0 spiro atoms. The van der Waals surface area contributed by atoms with Gasteiger partial charge in [-0.1, -0.05) is 38.8 Å². The first-order chi connectivity index (χ1) is 11.6. The van der Waals surface area contributed by atoms with Gasteiger partial charge < -0.3 is 4.42 Å². The fraction of sp³-hybridized carbons (Fsp3) is 0.739. The maximum atomic E-state index is 5.41. The van der Waals surface area contributed by atoms with Crippen LogP contribution in [0, 0.1) is 34.5 Å². The van der Waals surface area contributed by atoms with Crippen molar-refractivity contribution < 1.29 is 4.42 Å². The van der Waals surface area contributed by atoms with Crippen LogP contribution in [0.15, 0.2) is 35.2 Å². The first-order valence-electron chi connectivity index (χ1n) is 10.3. The third-order valence-electron chi connectivity index (χ3n) is 9.00. The fourth-order valence-corrected chi connectivity index (χ4v) is 7.69. The molecular formula is C23H32O. The number of hydrogen-bond donors (Lipinski definition) is 0. The van der Waals surface area contributed by atoms with Gasteiger partial charge in [0.1, 0.15) is 0 Å². The summed E-state index contributed by atoms with van der Waals surface area (Å²) in [6.45, 7) is 5.24. The quantitative estimate of drug-likeness (QED) is 0.532. The Kier molecular flexibility index (Phi) is 3.35. The topological polar surface area (TPSA) is 13.1 Å². The van der Waals surface area contributed by atoms with Crippen molar-refractivity contribution in [2.24, 2.45) is 34.5 Å². The molecule has 0 radical (unpaired) electrons. The van der Waals surface area contributed by atoms with Gasteiger partial charge >= 0.3 is 0 Å². The first kappa shape index (κ1) is 15.3. The van der Waals surface area contributed by atoms with Crippen LogP contribution in [0.1, 0.15) is 76.7 Å². The van der Waals surface area contributed by atoms with Crippen molar-refractivity contribution >= 4 is 0 Å². The highest BCUT2D eigenvalue weighted by atomic mass is 16.3. The van der Waals surface area contributed by atoms with Gasteiger partial charge in [0.25, 0.3) is 0 Å². The lowest BCUT2D eigenvalue weighted by atomic mass is 9.44. The van der Waals surface area contributed by atoms with Crippen molar-refractivity contribution in [2.75, 3.05) is 0 Å². The maximum absolute atomic E-state index is 5.41. The van der Waals surface area contributed by atoms with Crippen molar-refractivity contribution in [3.63, 3.8) is 0 Å². The normalized spacial score (nSPS) is 50.2. The zero-order chi connectivity index (χ0) is 16.4. The first-order valence-corrected chi connectivity index (χ1v) is 10.3. The Morgan fingerprint density at radius 3 is 2.71 bits per heavy atom. The van der Waals surface area contributed by atoms with E-state index in [0.717, 1.165) is 23.7 Å². The molecule has 1 heterocycles. The Balaban J connectivity index is 1.47. The van der Waals surface area contributed by atoms with Gasteiger partial charge in [0, 0.05) is 5.92 Å². The van der Waals surface area contributed by atoms with Gasteiger partial charge in [-0.25, -0.2) is 0 Å². The van der Waals surface area contributed by atoms with Crippen molar-refractivity contribution in [3.8, 4) is 0 Å². The SMILES string of the molecule is C[C@]12CCCC[C@@H]1CC[C@H]1[C@@H]3C=C[C@H](c4ccoc4)[C@@]3(C)CC[C@@H]12. The highest BCUT2D eigenvalue weighted by Gasteiger charge is 2.58. The minimum Gasteiger partial charge on any atom is -0.472 e. The third kappa shape index (κ3) is 1.93. The number of allylic oxidation sites excluding steroid dienone is 2. The summed E-state index contributed by atoms with van der Waals surface area (Å²) in [5.74, 6) is 4.28. The number of rotatable bonds is 1. The van der Waals surface area contributed by atoms with Gasteiger partial charge in [-0.3, -0.25) is 0 Å². The molecule has 5 rings (SSSR count). The summed E-state index contributed by atoms with van der Waals surface area (Å²) in [6.07, 6.45) is 20.8. The zero-order valence-electron chi connectivity index (χ0n) is 15.3. The van der Waals surface area contributed by atoms with Gasteiger partial charge in [-0.05, 0) is 84.7 Å². The minimum absolute atomic E-state index is 0.420. The van der Waals surface area contributed by atoms with Gasteiger partial charge in [0.15, 0.2) is 0 Å². The second-order valence-electron chi connectivity index (χ2n) is 9.79. The summed E-state index contributed by atoms with van der Waals surface area (Å²) >= 11 is 0. The van der Waals surface area contributed by atoms with E-state index in [4.69, 9.17) is 4.42 Å². The molecule has 0 aromatic carbocycles. The van der Waals surface area contributed by atoms with Crippen LogP contribution in [0.3, 0.4) is 0 Å². The van der Waals surface area contributed by atoms with E-state index in [9.17, 15) is 0 Å². The highest BCUT2D eigenvalue weighted by Crippen LogP contribution is 2.67. The number of fused-ring (bicyclic) bond motifs is 5. The van der Waals surface area contributed by atoms with Crippen LogP contribution in [0.2, 0.25) is 0 Å². The van der Waals surface area contributed by atoms with Crippen LogP contribution < -0.4 is 0 Å². The van der Waals surface area contributed by atoms with Crippen molar-refractivity contribution in [1.29, 1.82) is 0 Å². The molecule has 0 amide bonds. The van der Waals surface area contributed by atoms with Gasteiger partial charge in [0.2, 0.25) is 0 Å². The Morgan fingerprint density at radius 1 is 0.958 bits per heavy atom. The lowest BCUT2D eigenvalue weighted by Gasteiger charge is -2.60. The molecule has 0 aliphatic heterocycles. The Hall–Kier alpha value is -0.980. The van der Waals surface area contributed by atoms with Crippen molar-refractivity contribution in [1.82, 2.24) is 0 Å². The van der Waals surface area contributed by atoms with Crippen LogP contribution in [0.25, 0.3) is 0 Å². The predicted octanol–water partition coefficient (Wildman–Crippen LogP) is 6.57. The Bertz CT molecular complexity index is 628. The summed E-state index contributed by atoms with van der Waals surface area (Å²) in [7, 11) is 0. The summed E-state index contributed by atoms with van der Waals surface area (Å²) < 4.78 is 5.41. The molecule has 4 aliphatic carbocycles. The average Bonchev–Trinajstić information content (AvgIpc) is 3.20. The van der Waals surface area contributed by atoms with E-state index in [1.54, 1.807) is 0 Å². The molecule has 24 heavy (non-hydrogen) atoms. The zero-order valence-corrected chi connectivity index (χ0v) is 15.3. The van der Waals surface area contributed by atoms with Crippen molar-refractivity contribution in [3.05, 3.63) is 36.3 Å². The minimum atomic E-state index is 0.420. The Morgan fingerprint density at radius 2 is 1.88 bits per heavy atom. The van der Waals surface area contributed by atoms with E-state index < -0.39 is 0 Å². The largest absolute Gasteiger partial charge is 0.472 e. The summed E-state index contributed by atoms with van der Waals surface area (Å²) in [4.78, 5) is 0. The summed E-state index contributed by atoms with van der Waals surface area (Å²) in [6, 6.07) is 2.19. The van der Waals surface area contributed by atoms with Crippen LogP contribution in [-0.2, 0) is 0 Å². The Labute approximate surface area is 146 Å². The highest BCUT2D eigenvalue weighted by molar-refractivity contribution is 5.31. The molecule has 0 bridgehead atoms. The van der Waals surface area contributed by atoms with Crippen LogP contribution >= 0.6 is 0 Å². The molecule has 7 atom stereocenters. The van der Waals surface area contributed by atoms with E-state index in [2.05, 4.69) is 32.1 Å². The molecular weight excluding hydrogens is 292 g/mol. The predicted molar refractivity (Wildman–Crippen MR) is 97.7 cm³/mol. The van der Waals surface area contributed by atoms with Gasteiger partial charge in [-0.15, -0.1) is 0 Å². The lowest BCUT2D eigenvalue weighted by Crippen LogP contribution is -2.52.